The molecule has 0 aliphatic carbocycles. The third-order valence-electron chi connectivity index (χ3n) is 5.04. The minimum absolute atomic E-state index is 0. The minimum atomic E-state index is -0.258. The van der Waals surface area contributed by atoms with Crippen molar-refractivity contribution in [2.75, 3.05) is 25.0 Å². The number of para-hydroxylation sites is 1. The molecule has 29 heavy (non-hydrogen) atoms. The SMILES string of the molecule is CN1c2ccccc2C(c2ccccc2F)=[NH+]C[C@@H]1CNC(=O)c1ccsc1.[Cl-]. The molecule has 2 aromatic carbocycles. The number of carbonyl (C=O) groups excluding carboxylic acids is 1. The number of thiophene rings is 1. The predicted octanol–water partition coefficient (Wildman–Crippen LogP) is -0.942. The lowest BCUT2D eigenvalue weighted by atomic mass is 10.00. The molecule has 4 rings (SSSR count). The summed E-state index contributed by atoms with van der Waals surface area (Å²) < 4.78 is 14.5. The molecule has 0 unspecified atom stereocenters. The fourth-order valence-electron chi connectivity index (χ4n) is 3.46. The Balaban J connectivity index is 0.00000240. The maximum absolute atomic E-state index is 14.5. The number of fused-ring (bicyclic) bond motifs is 1. The number of benzodiazepines with no additional fused rings is 1. The molecule has 0 radical (unpaired) electrons. The number of hydrogen-bond donors (Lipinski definition) is 2. The molecule has 2 N–H and O–H groups in total. The van der Waals surface area contributed by atoms with Crippen molar-refractivity contribution in [1.82, 2.24) is 5.32 Å². The summed E-state index contributed by atoms with van der Waals surface area (Å²) in [4.78, 5) is 17.9. The zero-order chi connectivity index (χ0) is 19.5. The van der Waals surface area contributed by atoms with Crippen LogP contribution in [0.1, 0.15) is 21.5 Å². The first kappa shape index (κ1) is 21.0. The van der Waals surface area contributed by atoms with E-state index in [0.29, 0.717) is 24.2 Å². The van der Waals surface area contributed by atoms with Gasteiger partial charge in [0.25, 0.3) is 5.91 Å². The molecule has 1 atom stereocenters. The van der Waals surface area contributed by atoms with E-state index in [-0.39, 0.29) is 30.2 Å². The summed E-state index contributed by atoms with van der Waals surface area (Å²) in [6, 6.07) is 16.6. The zero-order valence-corrected chi connectivity index (χ0v) is 17.4. The molecule has 3 aromatic rings. The highest BCUT2D eigenvalue weighted by molar-refractivity contribution is 7.08. The van der Waals surface area contributed by atoms with E-state index in [1.54, 1.807) is 12.1 Å². The van der Waals surface area contributed by atoms with Gasteiger partial charge in [0.1, 0.15) is 11.9 Å². The van der Waals surface area contributed by atoms with Gasteiger partial charge >= 0.3 is 0 Å². The second-order valence-corrected chi connectivity index (χ2v) is 7.52. The van der Waals surface area contributed by atoms with Gasteiger partial charge in [0, 0.05) is 24.5 Å². The highest BCUT2D eigenvalue weighted by Gasteiger charge is 2.29. The van der Waals surface area contributed by atoms with E-state index in [2.05, 4.69) is 15.2 Å². The van der Waals surface area contributed by atoms with Crippen LogP contribution in [0.5, 0.6) is 0 Å². The normalized spacial score (nSPS) is 15.6. The number of likely N-dealkylation sites (N-methyl/N-ethyl adjacent to an activating group) is 1. The third-order valence-corrected chi connectivity index (χ3v) is 5.72. The second kappa shape index (κ2) is 9.20. The molecule has 1 amide bonds. The molecule has 0 spiro atoms. The summed E-state index contributed by atoms with van der Waals surface area (Å²) in [6.45, 7) is 1.07. The lowest BCUT2D eigenvalue weighted by molar-refractivity contribution is -0.457. The Kier molecular flexibility index (Phi) is 6.67. The molecule has 1 aromatic heterocycles. The molecule has 0 saturated carbocycles. The largest absolute Gasteiger partial charge is 1.00 e. The Morgan fingerprint density at radius 3 is 2.62 bits per heavy atom. The smallest absolute Gasteiger partial charge is 0.252 e. The van der Waals surface area contributed by atoms with Gasteiger partial charge in [-0.1, -0.05) is 24.3 Å². The zero-order valence-electron chi connectivity index (χ0n) is 15.9. The van der Waals surface area contributed by atoms with E-state index in [1.165, 1.54) is 17.4 Å². The van der Waals surface area contributed by atoms with Crippen molar-refractivity contribution in [3.05, 3.63) is 87.9 Å². The van der Waals surface area contributed by atoms with Gasteiger partial charge in [-0.25, -0.2) is 9.38 Å². The summed E-state index contributed by atoms with van der Waals surface area (Å²) in [6.07, 6.45) is 0. The summed E-state index contributed by atoms with van der Waals surface area (Å²) in [7, 11) is 2.01. The van der Waals surface area contributed by atoms with Crippen LogP contribution < -0.4 is 27.6 Å². The van der Waals surface area contributed by atoms with Gasteiger partial charge < -0.3 is 22.6 Å². The van der Waals surface area contributed by atoms with Crippen LogP contribution in [0.4, 0.5) is 10.1 Å². The predicted molar refractivity (Wildman–Crippen MR) is 111 cm³/mol. The van der Waals surface area contributed by atoms with Crippen LogP contribution >= 0.6 is 11.3 Å². The average Bonchev–Trinajstić information content (AvgIpc) is 3.22. The first-order chi connectivity index (χ1) is 13.6. The summed E-state index contributed by atoms with van der Waals surface area (Å²) in [5.74, 6) is -0.336. The van der Waals surface area contributed by atoms with Crippen LogP contribution in [0.25, 0.3) is 0 Å². The van der Waals surface area contributed by atoms with E-state index in [4.69, 9.17) is 0 Å². The van der Waals surface area contributed by atoms with Crippen molar-refractivity contribution < 1.29 is 26.6 Å². The Bertz CT molecular complexity index is 1020. The molecular formula is C22H21ClFN3OS. The molecule has 1 aliphatic rings. The number of carbonyl (C=O) groups is 1. The van der Waals surface area contributed by atoms with Crippen molar-refractivity contribution in [2.24, 2.45) is 0 Å². The van der Waals surface area contributed by atoms with Gasteiger partial charge in [-0.2, -0.15) is 11.3 Å². The number of rotatable bonds is 4. The first-order valence-corrected chi connectivity index (χ1v) is 10.1. The fourth-order valence-corrected chi connectivity index (χ4v) is 4.10. The Hall–Kier alpha value is -2.70. The molecule has 4 nitrogen and oxygen atoms in total. The molecule has 0 saturated heterocycles. The summed E-state index contributed by atoms with van der Waals surface area (Å²) in [5.41, 5.74) is 3.94. The van der Waals surface area contributed by atoms with Gasteiger partial charge in [-0.15, -0.1) is 0 Å². The third kappa shape index (κ3) is 4.33. The van der Waals surface area contributed by atoms with Crippen LogP contribution in [0.15, 0.2) is 65.4 Å². The van der Waals surface area contributed by atoms with Gasteiger partial charge in [0.15, 0.2) is 6.54 Å². The minimum Gasteiger partial charge on any atom is -1.00 e. The first-order valence-electron chi connectivity index (χ1n) is 9.13. The highest BCUT2D eigenvalue weighted by Crippen LogP contribution is 2.25. The quantitative estimate of drug-likeness (QED) is 0.562. The van der Waals surface area contributed by atoms with Gasteiger partial charge in [-0.3, -0.25) is 4.79 Å². The molecular weight excluding hydrogens is 409 g/mol. The summed E-state index contributed by atoms with van der Waals surface area (Å²) in [5, 5.41) is 6.74. The molecule has 150 valence electrons. The van der Waals surface area contributed by atoms with Crippen LogP contribution in [-0.4, -0.2) is 37.8 Å². The molecule has 0 bridgehead atoms. The van der Waals surface area contributed by atoms with Gasteiger partial charge in [0.2, 0.25) is 5.71 Å². The van der Waals surface area contributed by atoms with Crippen molar-refractivity contribution >= 4 is 28.6 Å². The monoisotopic (exact) mass is 429 g/mol. The van der Waals surface area contributed by atoms with E-state index in [1.807, 2.05) is 54.2 Å². The van der Waals surface area contributed by atoms with E-state index in [9.17, 15) is 9.18 Å². The van der Waals surface area contributed by atoms with E-state index >= 15 is 0 Å². The van der Waals surface area contributed by atoms with E-state index in [0.717, 1.165) is 17.0 Å². The lowest BCUT2D eigenvalue weighted by Gasteiger charge is -2.27. The van der Waals surface area contributed by atoms with Crippen LogP contribution in [-0.2, 0) is 0 Å². The maximum atomic E-state index is 14.5. The van der Waals surface area contributed by atoms with E-state index < -0.39 is 0 Å². The fraction of sp³-hybridized carbons (Fsp3) is 0.182. The van der Waals surface area contributed by atoms with Crippen molar-refractivity contribution in [3.8, 4) is 0 Å². The van der Waals surface area contributed by atoms with Crippen molar-refractivity contribution in [2.45, 2.75) is 6.04 Å². The Morgan fingerprint density at radius 2 is 1.90 bits per heavy atom. The van der Waals surface area contributed by atoms with Crippen molar-refractivity contribution in [1.29, 1.82) is 0 Å². The number of amides is 1. The molecule has 1 aliphatic heterocycles. The lowest BCUT2D eigenvalue weighted by Crippen LogP contribution is -3.00. The maximum Gasteiger partial charge on any atom is 0.252 e. The number of nitrogens with zero attached hydrogens (tertiary/aromatic N) is 1. The molecule has 7 heteroatoms. The average molecular weight is 430 g/mol. The van der Waals surface area contributed by atoms with Crippen LogP contribution in [0.3, 0.4) is 0 Å². The Labute approximate surface area is 179 Å². The van der Waals surface area contributed by atoms with Gasteiger partial charge in [0.05, 0.1) is 16.8 Å². The number of anilines is 1. The number of nitrogens with one attached hydrogen (secondary N) is 2. The standard InChI is InChI=1S/C22H20FN3OS.ClH/c1-26-16(13-25-22(27)15-10-11-28-14-15)12-24-21(17-6-2-4-8-19(17)23)18-7-3-5-9-20(18)26;/h2-11,14,16H,12-13H2,1H3,(H,25,27);1H/t16-;/m1./s1. The molecule has 0 fully saturated rings. The van der Waals surface area contributed by atoms with Crippen molar-refractivity contribution in [3.63, 3.8) is 0 Å². The number of halogens is 2. The Morgan fingerprint density at radius 1 is 1.17 bits per heavy atom. The number of hydrogen-bond acceptors (Lipinski definition) is 3. The molecule has 2 heterocycles. The topological polar surface area (TPSA) is 46.3 Å². The van der Waals surface area contributed by atoms with Crippen LogP contribution in [0, 0.1) is 5.82 Å². The number of benzene rings is 2. The summed E-state index contributed by atoms with van der Waals surface area (Å²) >= 11 is 1.50. The second-order valence-electron chi connectivity index (χ2n) is 6.74. The van der Waals surface area contributed by atoms with Gasteiger partial charge in [-0.05, 0) is 35.7 Å². The van der Waals surface area contributed by atoms with Crippen LogP contribution in [0.2, 0.25) is 0 Å². The highest BCUT2D eigenvalue weighted by atomic mass is 35.5.